The van der Waals surface area contributed by atoms with E-state index in [1.165, 1.54) is 29.3 Å². The van der Waals surface area contributed by atoms with E-state index in [1.807, 2.05) is 18.2 Å². The van der Waals surface area contributed by atoms with Crippen LogP contribution in [0.4, 0.5) is 14.5 Å². The molecule has 2 aromatic carbocycles. The van der Waals surface area contributed by atoms with Crippen LogP contribution in [0.3, 0.4) is 0 Å². The molecule has 0 heterocycles. The maximum absolute atomic E-state index is 13.6. The molecule has 3 heteroatoms. The summed E-state index contributed by atoms with van der Waals surface area (Å²) in [5.74, 6) is -1.02. The average molecular weight is 275 g/mol. The summed E-state index contributed by atoms with van der Waals surface area (Å²) in [4.78, 5) is 0. The topological polar surface area (TPSA) is 12.0 Å². The lowest BCUT2D eigenvalue weighted by Gasteiger charge is -2.16. The van der Waals surface area contributed by atoms with Gasteiger partial charge in [0.25, 0.3) is 0 Å². The number of hydrogen-bond acceptors (Lipinski definition) is 1. The zero-order valence-corrected chi connectivity index (χ0v) is 11.8. The van der Waals surface area contributed by atoms with Crippen molar-refractivity contribution >= 4 is 5.69 Å². The Labute approximate surface area is 118 Å². The van der Waals surface area contributed by atoms with Crippen molar-refractivity contribution < 1.29 is 8.78 Å². The van der Waals surface area contributed by atoms with Gasteiger partial charge >= 0.3 is 0 Å². The maximum Gasteiger partial charge on any atom is 0.131 e. The standard InChI is InChI=1S/C17H19F2N/c1-3-12-7-5-8-13(4-2)17(12)20-11-14-15(18)9-6-10-16(14)19/h5-10,20H,3-4,11H2,1-2H3. The number of nitrogens with one attached hydrogen (secondary N) is 1. The molecule has 0 aliphatic carbocycles. The molecule has 0 saturated carbocycles. The summed E-state index contributed by atoms with van der Waals surface area (Å²) in [6, 6.07) is 10.1. The van der Waals surface area contributed by atoms with Crippen LogP contribution >= 0.6 is 0 Å². The molecule has 2 aromatic rings. The summed E-state index contributed by atoms with van der Waals surface area (Å²) in [5, 5.41) is 3.20. The van der Waals surface area contributed by atoms with Gasteiger partial charge in [-0.15, -0.1) is 0 Å². The van der Waals surface area contributed by atoms with E-state index in [2.05, 4.69) is 19.2 Å². The predicted molar refractivity (Wildman–Crippen MR) is 78.9 cm³/mol. The Morgan fingerprint density at radius 1 is 0.850 bits per heavy atom. The molecule has 20 heavy (non-hydrogen) atoms. The van der Waals surface area contributed by atoms with Crippen LogP contribution in [0.5, 0.6) is 0 Å². The van der Waals surface area contributed by atoms with Crippen molar-refractivity contribution in [2.45, 2.75) is 33.2 Å². The average Bonchev–Trinajstić information content (AvgIpc) is 2.46. The Bertz CT molecular complexity index is 551. The number of rotatable bonds is 5. The molecule has 2 rings (SSSR count). The van der Waals surface area contributed by atoms with Gasteiger partial charge in [0.1, 0.15) is 11.6 Å². The van der Waals surface area contributed by atoms with Crippen LogP contribution in [0, 0.1) is 11.6 Å². The maximum atomic E-state index is 13.6. The fraction of sp³-hybridized carbons (Fsp3) is 0.294. The van der Waals surface area contributed by atoms with E-state index in [-0.39, 0.29) is 12.1 Å². The highest BCUT2D eigenvalue weighted by atomic mass is 19.1. The lowest BCUT2D eigenvalue weighted by atomic mass is 10.0. The Kier molecular flexibility index (Phi) is 4.72. The number of para-hydroxylation sites is 1. The zero-order chi connectivity index (χ0) is 14.5. The lowest BCUT2D eigenvalue weighted by Crippen LogP contribution is -2.08. The molecule has 0 atom stereocenters. The molecule has 0 aromatic heterocycles. The Morgan fingerprint density at radius 2 is 1.35 bits per heavy atom. The summed E-state index contributed by atoms with van der Waals surface area (Å²) in [6.07, 6.45) is 1.77. The van der Waals surface area contributed by atoms with Gasteiger partial charge < -0.3 is 5.32 Å². The fourth-order valence-corrected chi connectivity index (χ4v) is 2.35. The van der Waals surface area contributed by atoms with Crippen LogP contribution in [-0.4, -0.2) is 0 Å². The first-order chi connectivity index (χ1) is 9.67. The first-order valence-corrected chi connectivity index (χ1v) is 6.94. The van der Waals surface area contributed by atoms with Crippen molar-refractivity contribution in [3.63, 3.8) is 0 Å². The first-order valence-electron chi connectivity index (χ1n) is 6.94. The Hall–Kier alpha value is -1.90. The minimum Gasteiger partial charge on any atom is -0.380 e. The van der Waals surface area contributed by atoms with Crippen LogP contribution in [0.25, 0.3) is 0 Å². The molecular weight excluding hydrogens is 256 g/mol. The Balaban J connectivity index is 2.27. The van der Waals surface area contributed by atoms with Crippen LogP contribution in [0.2, 0.25) is 0 Å². The molecule has 0 aliphatic rings. The van der Waals surface area contributed by atoms with Crippen molar-refractivity contribution in [1.82, 2.24) is 0 Å². The summed E-state index contributed by atoms with van der Waals surface area (Å²) in [6.45, 7) is 4.30. The van der Waals surface area contributed by atoms with Crippen molar-refractivity contribution in [1.29, 1.82) is 0 Å². The van der Waals surface area contributed by atoms with E-state index in [4.69, 9.17) is 0 Å². The second kappa shape index (κ2) is 6.51. The largest absolute Gasteiger partial charge is 0.380 e. The van der Waals surface area contributed by atoms with Crippen LogP contribution in [0.1, 0.15) is 30.5 Å². The number of halogens is 2. The van der Waals surface area contributed by atoms with Gasteiger partial charge in [0, 0.05) is 17.8 Å². The minimum atomic E-state index is -0.510. The first kappa shape index (κ1) is 14.5. The second-order valence-corrected chi connectivity index (χ2v) is 4.71. The van der Waals surface area contributed by atoms with Gasteiger partial charge in [0.2, 0.25) is 0 Å². The minimum absolute atomic E-state index is 0.0838. The molecule has 0 aliphatic heterocycles. The third-order valence-corrected chi connectivity index (χ3v) is 3.50. The monoisotopic (exact) mass is 275 g/mol. The summed E-state index contributed by atoms with van der Waals surface area (Å²) < 4.78 is 27.3. The van der Waals surface area contributed by atoms with Crippen LogP contribution in [-0.2, 0) is 19.4 Å². The second-order valence-electron chi connectivity index (χ2n) is 4.71. The molecule has 0 saturated heterocycles. The van der Waals surface area contributed by atoms with Crippen molar-refractivity contribution in [2.24, 2.45) is 0 Å². The van der Waals surface area contributed by atoms with Crippen molar-refractivity contribution in [3.05, 3.63) is 64.7 Å². The highest BCUT2D eigenvalue weighted by Crippen LogP contribution is 2.24. The normalized spacial score (nSPS) is 10.6. The number of hydrogen-bond donors (Lipinski definition) is 1. The molecule has 0 unspecified atom stereocenters. The molecule has 1 nitrogen and oxygen atoms in total. The third-order valence-electron chi connectivity index (χ3n) is 3.50. The molecule has 0 fully saturated rings. The number of aryl methyl sites for hydroxylation is 2. The quantitative estimate of drug-likeness (QED) is 0.834. The molecule has 0 bridgehead atoms. The number of benzene rings is 2. The Morgan fingerprint density at radius 3 is 1.85 bits per heavy atom. The van der Waals surface area contributed by atoms with E-state index in [1.54, 1.807) is 0 Å². The van der Waals surface area contributed by atoms with Gasteiger partial charge in [0.15, 0.2) is 0 Å². The van der Waals surface area contributed by atoms with Gasteiger partial charge in [-0.1, -0.05) is 38.1 Å². The summed E-state index contributed by atoms with van der Waals surface area (Å²) >= 11 is 0. The van der Waals surface area contributed by atoms with Gasteiger partial charge in [-0.3, -0.25) is 0 Å². The lowest BCUT2D eigenvalue weighted by molar-refractivity contribution is 0.560. The van der Waals surface area contributed by atoms with E-state index < -0.39 is 11.6 Å². The molecular formula is C17H19F2N. The molecule has 106 valence electrons. The van der Waals surface area contributed by atoms with Crippen molar-refractivity contribution in [3.8, 4) is 0 Å². The van der Waals surface area contributed by atoms with Crippen LogP contribution in [0.15, 0.2) is 36.4 Å². The highest BCUT2D eigenvalue weighted by Gasteiger charge is 2.10. The fourth-order valence-electron chi connectivity index (χ4n) is 2.35. The molecule has 1 N–H and O–H groups in total. The SMILES string of the molecule is CCc1cccc(CC)c1NCc1c(F)cccc1F. The molecule has 0 radical (unpaired) electrons. The van der Waals surface area contributed by atoms with E-state index in [0.29, 0.717) is 0 Å². The summed E-state index contributed by atoms with van der Waals surface area (Å²) in [7, 11) is 0. The molecule has 0 spiro atoms. The van der Waals surface area contributed by atoms with E-state index >= 15 is 0 Å². The van der Waals surface area contributed by atoms with Crippen LogP contribution < -0.4 is 5.32 Å². The third kappa shape index (κ3) is 2.98. The van der Waals surface area contributed by atoms with Gasteiger partial charge in [-0.2, -0.15) is 0 Å². The summed E-state index contributed by atoms with van der Waals surface area (Å²) in [5.41, 5.74) is 3.42. The number of anilines is 1. The smallest absolute Gasteiger partial charge is 0.131 e. The predicted octanol–water partition coefficient (Wildman–Crippen LogP) is 4.70. The van der Waals surface area contributed by atoms with Crippen molar-refractivity contribution in [2.75, 3.05) is 5.32 Å². The van der Waals surface area contributed by atoms with E-state index in [0.717, 1.165) is 18.5 Å². The molecule has 0 amide bonds. The highest BCUT2D eigenvalue weighted by molar-refractivity contribution is 5.58. The van der Waals surface area contributed by atoms with Gasteiger partial charge in [0.05, 0.1) is 0 Å². The zero-order valence-electron chi connectivity index (χ0n) is 11.8. The van der Waals surface area contributed by atoms with E-state index in [9.17, 15) is 8.78 Å². The van der Waals surface area contributed by atoms with Gasteiger partial charge in [-0.25, -0.2) is 8.78 Å². The van der Waals surface area contributed by atoms with Gasteiger partial charge in [-0.05, 0) is 36.1 Å².